The lowest BCUT2D eigenvalue weighted by Gasteiger charge is -2.49. The number of fused-ring (bicyclic) bond motifs is 1. The summed E-state index contributed by atoms with van der Waals surface area (Å²) in [6, 6.07) is 0. The number of aromatic nitrogens is 1. The number of carbonyl (C=O) groups is 4. The SMILES string of the molecule is CO/N=C(\C(=O)NC1CC(SC2C(=O)N3C(C(=O)OCOC(=O)C(C)(C)C)=CCSC23)CCO1)c1csc(N)n1. The molecule has 4 heterocycles. The minimum absolute atomic E-state index is 0.0170. The van der Waals surface area contributed by atoms with Crippen LogP contribution in [0.5, 0.6) is 0 Å². The van der Waals surface area contributed by atoms with Crippen LogP contribution in [-0.2, 0) is 38.2 Å². The largest absolute Gasteiger partial charge is 0.427 e. The van der Waals surface area contributed by atoms with E-state index in [1.165, 1.54) is 35.1 Å². The van der Waals surface area contributed by atoms with Crippen molar-refractivity contribution in [2.24, 2.45) is 10.6 Å². The maximum Gasteiger partial charge on any atom is 0.357 e. The first-order chi connectivity index (χ1) is 19.0. The van der Waals surface area contributed by atoms with Gasteiger partial charge in [-0.1, -0.05) is 5.16 Å². The molecule has 40 heavy (non-hydrogen) atoms. The number of nitrogens with two attached hydrogens (primary N) is 1. The molecule has 0 spiro atoms. The Morgan fingerprint density at radius 2 is 2.10 bits per heavy atom. The number of nitrogens with zero attached hydrogens (tertiary/aromatic N) is 3. The van der Waals surface area contributed by atoms with Gasteiger partial charge in [-0.15, -0.1) is 34.9 Å². The van der Waals surface area contributed by atoms with Gasteiger partial charge in [-0.05, 0) is 33.3 Å². The zero-order valence-electron chi connectivity index (χ0n) is 22.4. The normalized spacial score (nSPS) is 24.8. The molecule has 4 atom stereocenters. The Labute approximate surface area is 243 Å². The predicted molar refractivity (Wildman–Crippen MR) is 150 cm³/mol. The molecule has 0 aliphatic carbocycles. The number of carbonyl (C=O) groups excluding carboxylic acids is 4. The molecule has 0 aromatic carbocycles. The number of rotatable bonds is 9. The van der Waals surface area contributed by atoms with Crippen LogP contribution in [-0.4, -0.2) is 87.7 Å². The quantitative estimate of drug-likeness (QED) is 0.136. The van der Waals surface area contributed by atoms with Gasteiger partial charge >= 0.3 is 11.9 Å². The van der Waals surface area contributed by atoms with Gasteiger partial charge in [0, 0.05) is 22.8 Å². The highest BCUT2D eigenvalue weighted by Gasteiger charge is 2.53. The third kappa shape index (κ3) is 6.90. The number of β-lactam (4-membered cyclic amide) rings is 1. The Morgan fingerprint density at radius 3 is 2.77 bits per heavy atom. The van der Waals surface area contributed by atoms with Crippen molar-refractivity contribution >= 4 is 69.5 Å². The lowest BCUT2D eigenvalue weighted by molar-refractivity contribution is -0.173. The second-order valence-corrected chi connectivity index (χ2v) is 13.5. The van der Waals surface area contributed by atoms with Crippen LogP contribution in [0.2, 0.25) is 0 Å². The van der Waals surface area contributed by atoms with Gasteiger partial charge in [0.2, 0.25) is 12.7 Å². The molecule has 218 valence electrons. The number of thiazole rings is 1. The van der Waals surface area contributed by atoms with Gasteiger partial charge < -0.3 is 30.1 Å². The van der Waals surface area contributed by atoms with Crippen LogP contribution in [0.15, 0.2) is 22.3 Å². The summed E-state index contributed by atoms with van der Waals surface area (Å²) < 4.78 is 15.9. The maximum atomic E-state index is 13.1. The molecule has 3 aliphatic heterocycles. The lowest BCUT2D eigenvalue weighted by Crippen LogP contribution is -2.63. The third-order valence-corrected chi connectivity index (χ3v) is 9.62. The van der Waals surface area contributed by atoms with Gasteiger partial charge in [-0.25, -0.2) is 9.78 Å². The molecule has 0 saturated carbocycles. The molecule has 2 saturated heterocycles. The average molecular weight is 614 g/mol. The fourth-order valence-corrected chi connectivity index (χ4v) is 7.52. The van der Waals surface area contributed by atoms with E-state index in [0.29, 0.717) is 36.0 Å². The number of oxime groups is 1. The number of thioether (sulfide) groups is 2. The molecule has 4 rings (SSSR count). The molecule has 1 aromatic heterocycles. The fourth-order valence-electron chi connectivity index (χ4n) is 4.02. The molecule has 4 unspecified atom stereocenters. The summed E-state index contributed by atoms with van der Waals surface area (Å²) in [5.41, 5.74) is 5.39. The van der Waals surface area contributed by atoms with E-state index in [9.17, 15) is 19.2 Å². The van der Waals surface area contributed by atoms with E-state index in [4.69, 9.17) is 24.8 Å². The van der Waals surface area contributed by atoms with Crippen molar-refractivity contribution in [1.82, 2.24) is 15.2 Å². The third-order valence-electron chi connectivity index (χ3n) is 6.03. The Kier molecular flexibility index (Phi) is 9.64. The van der Waals surface area contributed by atoms with Crippen LogP contribution in [0.3, 0.4) is 0 Å². The summed E-state index contributed by atoms with van der Waals surface area (Å²) in [5, 5.41) is 7.95. The van der Waals surface area contributed by atoms with Gasteiger partial charge in [-0.3, -0.25) is 19.3 Å². The van der Waals surface area contributed by atoms with E-state index >= 15 is 0 Å². The number of esters is 2. The van der Waals surface area contributed by atoms with Gasteiger partial charge in [0.15, 0.2) is 10.8 Å². The minimum atomic E-state index is -0.725. The average Bonchev–Trinajstić information content (AvgIpc) is 3.34. The summed E-state index contributed by atoms with van der Waals surface area (Å²) in [6.45, 7) is 4.96. The highest BCUT2D eigenvalue weighted by atomic mass is 32.2. The van der Waals surface area contributed by atoms with E-state index in [0.717, 1.165) is 0 Å². The van der Waals surface area contributed by atoms with E-state index in [2.05, 4.69) is 15.5 Å². The summed E-state index contributed by atoms with van der Waals surface area (Å²) in [5.74, 6) is -1.39. The monoisotopic (exact) mass is 613 g/mol. The second kappa shape index (κ2) is 12.8. The first kappa shape index (κ1) is 30.1. The van der Waals surface area contributed by atoms with Crippen molar-refractivity contribution in [3.63, 3.8) is 0 Å². The van der Waals surface area contributed by atoms with E-state index in [1.54, 1.807) is 44.0 Å². The van der Waals surface area contributed by atoms with Crippen molar-refractivity contribution in [3.8, 4) is 0 Å². The maximum absolute atomic E-state index is 13.1. The molecule has 0 radical (unpaired) electrons. The smallest absolute Gasteiger partial charge is 0.357 e. The van der Waals surface area contributed by atoms with E-state index < -0.39 is 36.3 Å². The number of hydrogen-bond acceptors (Lipinski definition) is 14. The van der Waals surface area contributed by atoms with Gasteiger partial charge in [0.25, 0.3) is 5.91 Å². The zero-order chi connectivity index (χ0) is 29.0. The number of anilines is 1. The van der Waals surface area contributed by atoms with Gasteiger partial charge in [0.05, 0.1) is 12.0 Å². The number of amides is 2. The fraction of sp³-hybridized carbons (Fsp3) is 0.583. The standard InChI is InChI=1S/C24H31N5O8S3/c1-24(2,3)22(33)37-11-36-21(32)14-6-8-38-20-17(19(31)29(14)20)40-12-5-7-35-15(9-12)27-18(30)16(28-34-4)13-10-39-23(25)26-13/h6,10,12,15,17,20H,5,7-9,11H2,1-4H3,(H2,25,26)(H,27,30)/b28-16-. The van der Waals surface area contributed by atoms with Crippen LogP contribution in [0.1, 0.15) is 39.3 Å². The molecule has 1 aromatic rings. The lowest BCUT2D eigenvalue weighted by atomic mass is 9.98. The van der Waals surface area contributed by atoms with Crippen LogP contribution in [0.25, 0.3) is 0 Å². The summed E-state index contributed by atoms with van der Waals surface area (Å²) in [4.78, 5) is 60.8. The van der Waals surface area contributed by atoms with Crippen molar-refractivity contribution in [1.29, 1.82) is 0 Å². The molecule has 3 aliphatic rings. The molecular formula is C24H31N5O8S3. The number of hydrogen-bond donors (Lipinski definition) is 2. The number of ether oxygens (including phenoxy) is 3. The second-order valence-electron chi connectivity index (χ2n) is 9.98. The van der Waals surface area contributed by atoms with Gasteiger partial charge in [-0.2, -0.15) is 0 Å². The topological polar surface area (TPSA) is 172 Å². The molecule has 0 bridgehead atoms. The Balaban J connectivity index is 1.29. The number of nitrogen functional groups attached to an aromatic ring is 1. The van der Waals surface area contributed by atoms with Crippen molar-refractivity contribution in [2.45, 2.75) is 55.7 Å². The van der Waals surface area contributed by atoms with Crippen molar-refractivity contribution < 1.29 is 38.2 Å². The Morgan fingerprint density at radius 1 is 1.32 bits per heavy atom. The predicted octanol–water partition coefficient (Wildman–Crippen LogP) is 1.69. The summed E-state index contributed by atoms with van der Waals surface area (Å²) in [6.07, 6.45) is 2.22. The first-order valence-electron chi connectivity index (χ1n) is 12.4. The molecule has 13 nitrogen and oxygen atoms in total. The van der Waals surface area contributed by atoms with Crippen LogP contribution in [0, 0.1) is 5.41 Å². The van der Waals surface area contributed by atoms with Crippen LogP contribution < -0.4 is 11.1 Å². The van der Waals surface area contributed by atoms with Gasteiger partial charge in [0.1, 0.15) is 35.4 Å². The zero-order valence-corrected chi connectivity index (χ0v) is 24.9. The molecule has 2 fully saturated rings. The highest BCUT2D eigenvalue weighted by molar-refractivity contribution is 8.05. The van der Waals surface area contributed by atoms with E-state index in [1.807, 2.05) is 0 Å². The summed E-state index contributed by atoms with van der Waals surface area (Å²) in [7, 11) is 1.33. The molecule has 16 heteroatoms. The first-order valence-corrected chi connectivity index (χ1v) is 15.3. The summed E-state index contributed by atoms with van der Waals surface area (Å²) >= 11 is 4.25. The molecular weight excluding hydrogens is 582 g/mol. The van der Waals surface area contributed by atoms with E-state index in [-0.39, 0.29) is 33.2 Å². The van der Waals surface area contributed by atoms with Crippen LogP contribution in [0.4, 0.5) is 5.13 Å². The number of nitrogens with one attached hydrogen (secondary N) is 1. The molecule has 3 N–H and O–H groups in total. The van der Waals surface area contributed by atoms with Crippen molar-refractivity contribution in [3.05, 3.63) is 22.8 Å². The van der Waals surface area contributed by atoms with Crippen LogP contribution >= 0.6 is 34.9 Å². The highest BCUT2D eigenvalue weighted by Crippen LogP contribution is 2.46. The Bertz CT molecular complexity index is 1210. The van der Waals surface area contributed by atoms with Crippen molar-refractivity contribution in [2.75, 3.05) is 32.0 Å². The Hall–Kier alpha value is -2.82. The molecule has 2 amide bonds. The minimum Gasteiger partial charge on any atom is -0.427 e.